The van der Waals surface area contributed by atoms with E-state index in [2.05, 4.69) is 5.32 Å². The van der Waals surface area contributed by atoms with E-state index in [1.807, 2.05) is 12.1 Å². The number of para-hydroxylation sites is 1. The Labute approximate surface area is 122 Å². The predicted molar refractivity (Wildman–Crippen MR) is 76.9 cm³/mol. The van der Waals surface area contributed by atoms with Crippen molar-refractivity contribution in [3.05, 3.63) is 59.7 Å². The number of benzene rings is 2. The molecule has 0 heterocycles. The van der Waals surface area contributed by atoms with Gasteiger partial charge in [-0.15, -0.1) is 0 Å². The summed E-state index contributed by atoms with van der Waals surface area (Å²) < 4.78 is 4.96. The lowest BCUT2D eigenvalue weighted by Crippen LogP contribution is -2.27. The molecule has 0 aliphatic carbocycles. The van der Waals surface area contributed by atoms with E-state index in [1.165, 1.54) is 13.2 Å². The van der Waals surface area contributed by atoms with Gasteiger partial charge in [-0.2, -0.15) is 5.26 Å². The van der Waals surface area contributed by atoms with Crippen LogP contribution in [0.4, 0.5) is 0 Å². The van der Waals surface area contributed by atoms with Gasteiger partial charge in [-0.1, -0.05) is 36.4 Å². The van der Waals surface area contributed by atoms with E-state index >= 15 is 0 Å². The zero-order valence-electron chi connectivity index (χ0n) is 11.4. The highest BCUT2D eigenvalue weighted by Gasteiger charge is 2.19. The topological polar surface area (TPSA) is 82.3 Å². The summed E-state index contributed by atoms with van der Waals surface area (Å²) in [6, 6.07) is 14.7. The van der Waals surface area contributed by atoms with Crippen LogP contribution in [0.25, 0.3) is 0 Å². The van der Waals surface area contributed by atoms with E-state index in [0.717, 1.165) is 0 Å². The van der Waals surface area contributed by atoms with Crippen molar-refractivity contribution in [1.29, 1.82) is 5.26 Å². The molecule has 1 amide bonds. The smallest absolute Gasteiger partial charge is 0.256 e. The van der Waals surface area contributed by atoms with Gasteiger partial charge in [-0.3, -0.25) is 4.79 Å². The summed E-state index contributed by atoms with van der Waals surface area (Å²) in [5.41, 5.74) is 0.737. The molecule has 2 rings (SSSR count). The highest BCUT2D eigenvalue weighted by atomic mass is 16.5. The summed E-state index contributed by atoms with van der Waals surface area (Å²) in [5, 5.41) is 21.7. The molecular weight excluding hydrogens is 268 g/mol. The number of hydrogen-bond donors (Lipinski definition) is 2. The zero-order valence-corrected chi connectivity index (χ0v) is 11.4. The van der Waals surface area contributed by atoms with Crippen molar-refractivity contribution >= 4 is 5.91 Å². The maximum absolute atomic E-state index is 12.2. The molecular formula is C16H14N2O3. The molecule has 0 saturated heterocycles. The van der Waals surface area contributed by atoms with Crippen LogP contribution < -0.4 is 10.1 Å². The van der Waals surface area contributed by atoms with Crippen molar-refractivity contribution in [2.24, 2.45) is 0 Å². The number of phenolic OH excluding ortho intramolecular Hbond substituents is 1. The summed E-state index contributed by atoms with van der Waals surface area (Å²) in [6.45, 7) is 0. The number of carbonyl (C=O) groups is 1. The number of rotatable bonds is 4. The van der Waals surface area contributed by atoms with Gasteiger partial charge in [-0.25, -0.2) is 0 Å². The number of hydrogen-bond acceptors (Lipinski definition) is 4. The van der Waals surface area contributed by atoms with Crippen LogP contribution in [0, 0.1) is 11.3 Å². The predicted octanol–water partition coefficient (Wildman–Crippen LogP) is 2.40. The molecule has 0 spiro atoms. The summed E-state index contributed by atoms with van der Waals surface area (Å²) in [4.78, 5) is 12.2. The molecule has 0 aliphatic heterocycles. The van der Waals surface area contributed by atoms with E-state index in [9.17, 15) is 15.2 Å². The molecule has 0 radical (unpaired) electrons. The van der Waals surface area contributed by atoms with Crippen molar-refractivity contribution in [2.75, 3.05) is 7.11 Å². The Bertz CT molecular complexity index is 678. The van der Waals surface area contributed by atoms with E-state index < -0.39 is 11.9 Å². The molecule has 0 bridgehead atoms. The number of ether oxygens (including phenoxy) is 1. The summed E-state index contributed by atoms with van der Waals surface area (Å²) in [5.74, 6) is -0.583. The first-order valence-corrected chi connectivity index (χ1v) is 6.28. The molecule has 1 unspecified atom stereocenters. The lowest BCUT2D eigenvalue weighted by molar-refractivity contribution is 0.0942. The zero-order chi connectivity index (χ0) is 15.2. The van der Waals surface area contributed by atoms with E-state index in [1.54, 1.807) is 36.4 Å². The first-order chi connectivity index (χ1) is 10.2. The number of carbonyl (C=O) groups excluding carboxylic acids is 1. The molecule has 5 heteroatoms. The highest BCUT2D eigenvalue weighted by Crippen LogP contribution is 2.29. The molecule has 0 aliphatic rings. The Morgan fingerprint density at radius 3 is 2.57 bits per heavy atom. The van der Waals surface area contributed by atoms with Crippen LogP contribution in [0.1, 0.15) is 22.0 Å². The minimum absolute atomic E-state index is 0.0607. The van der Waals surface area contributed by atoms with Gasteiger partial charge in [0.05, 0.1) is 18.7 Å². The maximum atomic E-state index is 12.2. The van der Waals surface area contributed by atoms with E-state index in [-0.39, 0.29) is 17.1 Å². The molecule has 1 atom stereocenters. The molecule has 2 aromatic rings. The number of nitriles is 1. The lowest BCUT2D eigenvalue weighted by Gasteiger charge is -2.13. The first kappa shape index (κ1) is 14.4. The first-order valence-electron chi connectivity index (χ1n) is 6.28. The Morgan fingerprint density at radius 1 is 1.24 bits per heavy atom. The number of nitrogens with zero attached hydrogens (tertiary/aromatic N) is 1. The summed E-state index contributed by atoms with van der Waals surface area (Å²) >= 11 is 0. The molecule has 21 heavy (non-hydrogen) atoms. The fraction of sp³-hybridized carbons (Fsp3) is 0.125. The second-order valence-electron chi connectivity index (χ2n) is 4.30. The average molecular weight is 282 g/mol. The monoisotopic (exact) mass is 282 g/mol. The fourth-order valence-electron chi connectivity index (χ4n) is 1.91. The largest absolute Gasteiger partial charge is 0.504 e. The molecule has 2 N–H and O–H groups in total. The maximum Gasteiger partial charge on any atom is 0.256 e. The van der Waals surface area contributed by atoms with Gasteiger partial charge in [0, 0.05) is 0 Å². The van der Waals surface area contributed by atoms with Crippen LogP contribution in [0.15, 0.2) is 48.5 Å². The average Bonchev–Trinajstić information content (AvgIpc) is 2.53. The quantitative estimate of drug-likeness (QED) is 0.902. The SMILES string of the molecule is COc1cccc(C(=O)NC(C#N)c2ccccc2)c1O. The van der Waals surface area contributed by atoms with Gasteiger partial charge in [0.2, 0.25) is 0 Å². The third-order valence-corrected chi connectivity index (χ3v) is 3.00. The van der Waals surface area contributed by atoms with Crippen molar-refractivity contribution in [2.45, 2.75) is 6.04 Å². The molecule has 0 aromatic heterocycles. The second-order valence-corrected chi connectivity index (χ2v) is 4.30. The van der Waals surface area contributed by atoms with Gasteiger partial charge >= 0.3 is 0 Å². The van der Waals surface area contributed by atoms with E-state index in [0.29, 0.717) is 5.56 Å². The molecule has 106 valence electrons. The minimum Gasteiger partial charge on any atom is -0.504 e. The van der Waals surface area contributed by atoms with Crippen LogP contribution in [-0.4, -0.2) is 18.1 Å². The van der Waals surface area contributed by atoms with Gasteiger partial charge in [-0.05, 0) is 17.7 Å². The molecule has 0 saturated carbocycles. The Kier molecular flexibility index (Phi) is 4.42. The number of methoxy groups -OCH3 is 1. The number of amides is 1. The van der Waals surface area contributed by atoms with E-state index in [4.69, 9.17) is 4.74 Å². The number of aromatic hydroxyl groups is 1. The second kappa shape index (κ2) is 6.44. The summed E-state index contributed by atoms with van der Waals surface area (Å²) in [6.07, 6.45) is 0. The Morgan fingerprint density at radius 2 is 1.95 bits per heavy atom. The summed E-state index contributed by atoms with van der Waals surface area (Å²) in [7, 11) is 1.40. The van der Waals surface area contributed by atoms with Gasteiger partial charge in [0.1, 0.15) is 6.04 Å². The number of phenols is 1. The van der Waals surface area contributed by atoms with Crippen LogP contribution in [-0.2, 0) is 0 Å². The fourth-order valence-corrected chi connectivity index (χ4v) is 1.91. The Hall–Kier alpha value is -3.00. The third kappa shape index (κ3) is 3.12. The van der Waals surface area contributed by atoms with Crippen molar-refractivity contribution in [3.8, 4) is 17.6 Å². The highest BCUT2D eigenvalue weighted by molar-refractivity contribution is 5.98. The molecule has 0 fully saturated rings. The lowest BCUT2D eigenvalue weighted by atomic mass is 10.1. The Balaban J connectivity index is 2.24. The van der Waals surface area contributed by atoms with Gasteiger partial charge in [0.15, 0.2) is 11.5 Å². The number of nitrogens with one attached hydrogen (secondary N) is 1. The molecule has 5 nitrogen and oxygen atoms in total. The van der Waals surface area contributed by atoms with Gasteiger partial charge in [0.25, 0.3) is 5.91 Å². The standard InChI is InChI=1S/C16H14N2O3/c1-21-14-9-5-8-12(15(14)19)16(20)18-13(10-17)11-6-3-2-4-7-11/h2-9,13,19H,1H3,(H,18,20). The van der Waals surface area contributed by atoms with Crippen LogP contribution in [0.3, 0.4) is 0 Å². The van der Waals surface area contributed by atoms with Gasteiger partial charge < -0.3 is 15.2 Å². The minimum atomic E-state index is -0.788. The van der Waals surface area contributed by atoms with Crippen LogP contribution in [0.2, 0.25) is 0 Å². The normalized spacial score (nSPS) is 11.2. The van der Waals surface area contributed by atoms with Crippen LogP contribution in [0.5, 0.6) is 11.5 Å². The third-order valence-electron chi connectivity index (χ3n) is 3.00. The molecule has 2 aromatic carbocycles. The van der Waals surface area contributed by atoms with Crippen molar-refractivity contribution < 1.29 is 14.6 Å². The van der Waals surface area contributed by atoms with Crippen molar-refractivity contribution in [3.63, 3.8) is 0 Å². The van der Waals surface area contributed by atoms with Crippen LogP contribution >= 0.6 is 0 Å². The van der Waals surface area contributed by atoms with Crippen molar-refractivity contribution in [1.82, 2.24) is 5.32 Å².